The number of rotatable bonds is 7. The zero-order valence-corrected chi connectivity index (χ0v) is 16.9. The fourth-order valence-electron chi connectivity index (χ4n) is 3.16. The van der Waals surface area contributed by atoms with Gasteiger partial charge in [0.15, 0.2) is 0 Å². The Morgan fingerprint density at radius 1 is 1.27 bits per heavy atom. The van der Waals surface area contributed by atoms with Gasteiger partial charge in [-0.2, -0.15) is 0 Å². The maximum Gasteiger partial charge on any atom is 0.270 e. The van der Waals surface area contributed by atoms with Crippen molar-refractivity contribution in [1.82, 2.24) is 10.3 Å². The summed E-state index contributed by atoms with van der Waals surface area (Å²) >= 11 is 1.20. The lowest BCUT2D eigenvalue weighted by Crippen LogP contribution is -2.31. The predicted molar refractivity (Wildman–Crippen MR) is 110 cm³/mol. The molecule has 0 bridgehead atoms. The average molecular weight is 430 g/mol. The lowest BCUT2D eigenvalue weighted by Gasteiger charge is -2.09. The van der Waals surface area contributed by atoms with Crippen LogP contribution in [0.25, 0.3) is 10.6 Å². The Labute approximate surface area is 176 Å². The summed E-state index contributed by atoms with van der Waals surface area (Å²) in [6.07, 6.45) is 1.98. The van der Waals surface area contributed by atoms with Crippen molar-refractivity contribution in [3.8, 4) is 16.3 Å². The van der Waals surface area contributed by atoms with E-state index in [1.54, 1.807) is 29.6 Å². The van der Waals surface area contributed by atoms with Gasteiger partial charge in [-0.1, -0.05) is 12.1 Å². The molecular weight excluding hydrogens is 410 g/mol. The first-order chi connectivity index (χ1) is 14.6. The first kappa shape index (κ1) is 20.4. The third-order valence-corrected chi connectivity index (χ3v) is 5.59. The molecule has 4 rings (SSSR count). The number of nitrogens with one attached hydrogen (secondary N) is 1. The number of carbonyl (C=O) groups excluding carboxylic acids is 1. The second kappa shape index (κ2) is 9.32. The van der Waals surface area contributed by atoms with Crippen LogP contribution in [0.2, 0.25) is 0 Å². The molecular formula is C22H20F2N2O3S. The van der Waals surface area contributed by atoms with Crippen LogP contribution in [0.3, 0.4) is 0 Å². The molecule has 1 N–H and O–H groups in total. The van der Waals surface area contributed by atoms with Crippen LogP contribution < -0.4 is 10.1 Å². The van der Waals surface area contributed by atoms with Crippen LogP contribution in [0.4, 0.5) is 8.78 Å². The molecule has 3 aromatic rings. The maximum absolute atomic E-state index is 14.6. The second-order valence-corrected chi connectivity index (χ2v) is 7.80. The van der Waals surface area contributed by atoms with E-state index in [2.05, 4.69) is 10.3 Å². The molecule has 2 heterocycles. The van der Waals surface area contributed by atoms with E-state index in [0.717, 1.165) is 19.4 Å². The van der Waals surface area contributed by atoms with Gasteiger partial charge in [0.25, 0.3) is 5.91 Å². The van der Waals surface area contributed by atoms with Crippen molar-refractivity contribution in [3.63, 3.8) is 0 Å². The molecule has 0 saturated carbocycles. The Hall–Kier alpha value is -2.84. The van der Waals surface area contributed by atoms with Gasteiger partial charge in [0.2, 0.25) is 0 Å². The Morgan fingerprint density at radius 2 is 2.17 bits per heavy atom. The highest BCUT2D eigenvalue weighted by atomic mass is 32.1. The minimum absolute atomic E-state index is 0.0458. The topological polar surface area (TPSA) is 60.5 Å². The fourth-order valence-corrected chi connectivity index (χ4v) is 3.98. The first-order valence-corrected chi connectivity index (χ1v) is 10.5. The standard InChI is InChI=1S/C22H20F2N2O3S/c23-15-4-1-3-14(9-15)12-29-16-6-7-18(19(24)10-16)22-26-20(13-30-22)21(27)25-11-17-5-2-8-28-17/h1,3-4,6-7,9-10,13,17H,2,5,8,11-12H2,(H,25,27)/t17-/m1/s1. The van der Waals surface area contributed by atoms with Gasteiger partial charge in [-0.3, -0.25) is 4.79 Å². The van der Waals surface area contributed by atoms with Crippen LogP contribution in [-0.2, 0) is 11.3 Å². The fraction of sp³-hybridized carbons (Fsp3) is 0.273. The van der Waals surface area contributed by atoms with Crippen LogP contribution in [-0.4, -0.2) is 30.1 Å². The number of amides is 1. The summed E-state index contributed by atoms with van der Waals surface area (Å²) in [5.74, 6) is -0.834. The summed E-state index contributed by atoms with van der Waals surface area (Å²) in [4.78, 5) is 16.5. The Bertz CT molecular complexity index is 1030. The zero-order chi connectivity index (χ0) is 20.9. The number of benzene rings is 2. The number of hydrogen-bond acceptors (Lipinski definition) is 5. The number of thiazole rings is 1. The van der Waals surface area contributed by atoms with Crippen LogP contribution in [0.15, 0.2) is 47.8 Å². The molecule has 1 aliphatic heterocycles. The van der Waals surface area contributed by atoms with Gasteiger partial charge in [0, 0.05) is 30.2 Å². The number of hydrogen-bond donors (Lipinski definition) is 1. The van der Waals surface area contributed by atoms with E-state index in [4.69, 9.17) is 9.47 Å². The summed E-state index contributed by atoms with van der Waals surface area (Å²) in [6, 6.07) is 10.5. The van der Waals surface area contributed by atoms with Crippen molar-refractivity contribution < 1.29 is 23.0 Å². The van der Waals surface area contributed by atoms with Gasteiger partial charge < -0.3 is 14.8 Å². The summed E-state index contributed by atoms with van der Waals surface area (Å²) in [6.45, 7) is 1.29. The van der Waals surface area contributed by atoms with Crippen molar-refractivity contribution in [2.45, 2.75) is 25.6 Å². The molecule has 1 saturated heterocycles. The van der Waals surface area contributed by atoms with Gasteiger partial charge in [0.1, 0.15) is 34.7 Å². The molecule has 156 valence electrons. The van der Waals surface area contributed by atoms with Crippen LogP contribution in [0, 0.1) is 11.6 Å². The van der Waals surface area contributed by atoms with Crippen molar-refractivity contribution in [1.29, 1.82) is 0 Å². The summed E-state index contributed by atoms with van der Waals surface area (Å²) < 4.78 is 38.9. The third kappa shape index (κ3) is 5.01. The number of carbonyl (C=O) groups is 1. The average Bonchev–Trinajstić information content (AvgIpc) is 3.43. The summed E-state index contributed by atoms with van der Waals surface area (Å²) in [7, 11) is 0. The van der Waals surface area contributed by atoms with Crippen molar-refractivity contribution in [2.75, 3.05) is 13.2 Å². The van der Waals surface area contributed by atoms with E-state index < -0.39 is 5.82 Å². The minimum Gasteiger partial charge on any atom is -0.489 e. The van der Waals surface area contributed by atoms with Crippen molar-refractivity contribution in [2.24, 2.45) is 0 Å². The molecule has 0 aliphatic carbocycles. The molecule has 1 fully saturated rings. The quantitative estimate of drug-likeness (QED) is 0.596. The molecule has 0 unspecified atom stereocenters. The zero-order valence-electron chi connectivity index (χ0n) is 16.1. The van der Waals surface area contributed by atoms with Crippen LogP contribution in [0.5, 0.6) is 5.75 Å². The maximum atomic E-state index is 14.6. The Kier molecular flexibility index (Phi) is 6.35. The molecule has 2 aromatic carbocycles. The molecule has 1 aromatic heterocycles. The number of ether oxygens (including phenoxy) is 2. The number of halogens is 2. The van der Waals surface area contributed by atoms with Gasteiger partial charge in [-0.15, -0.1) is 11.3 Å². The molecule has 30 heavy (non-hydrogen) atoms. The van der Waals surface area contributed by atoms with E-state index in [-0.39, 0.29) is 35.7 Å². The normalized spacial score (nSPS) is 15.9. The molecule has 1 atom stereocenters. The monoisotopic (exact) mass is 430 g/mol. The number of aromatic nitrogens is 1. The summed E-state index contributed by atoms with van der Waals surface area (Å²) in [5, 5.41) is 4.82. The molecule has 8 heteroatoms. The molecule has 0 radical (unpaired) electrons. The lowest BCUT2D eigenvalue weighted by atomic mass is 10.2. The van der Waals surface area contributed by atoms with E-state index >= 15 is 0 Å². The van der Waals surface area contributed by atoms with Crippen LogP contribution >= 0.6 is 11.3 Å². The highest BCUT2D eigenvalue weighted by Gasteiger charge is 2.19. The number of nitrogens with zero attached hydrogens (tertiary/aromatic N) is 1. The first-order valence-electron chi connectivity index (χ1n) is 9.61. The van der Waals surface area contributed by atoms with Gasteiger partial charge >= 0.3 is 0 Å². The van der Waals surface area contributed by atoms with Gasteiger partial charge in [0.05, 0.1) is 6.10 Å². The van der Waals surface area contributed by atoms with E-state index in [1.165, 1.54) is 29.5 Å². The SMILES string of the molecule is O=C(NC[C@H]1CCCO1)c1csc(-c2ccc(OCc3cccc(F)c3)cc2F)n1. The van der Waals surface area contributed by atoms with Crippen LogP contribution in [0.1, 0.15) is 28.9 Å². The highest BCUT2D eigenvalue weighted by molar-refractivity contribution is 7.13. The predicted octanol–water partition coefficient (Wildman–Crippen LogP) is 4.58. The molecule has 5 nitrogen and oxygen atoms in total. The highest BCUT2D eigenvalue weighted by Crippen LogP contribution is 2.29. The van der Waals surface area contributed by atoms with Gasteiger partial charge in [-0.25, -0.2) is 13.8 Å². The summed E-state index contributed by atoms with van der Waals surface area (Å²) in [5.41, 5.74) is 1.19. The molecule has 0 spiro atoms. The van der Waals surface area contributed by atoms with E-state index in [1.807, 2.05) is 0 Å². The smallest absolute Gasteiger partial charge is 0.270 e. The third-order valence-electron chi connectivity index (χ3n) is 4.72. The minimum atomic E-state index is -0.507. The van der Waals surface area contributed by atoms with Crippen molar-refractivity contribution in [3.05, 3.63) is 70.7 Å². The lowest BCUT2D eigenvalue weighted by molar-refractivity contribution is 0.0854. The molecule has 1 aliphatic rings. The van der Waals surface area contributed by atoms with Crippen molar-refractivity contribution >= 4 is 17.2 Å². The molecule has 1 amide bonds. The largest absolute Gasteiger partial charge is 0.489 e. The second-order valence-electron chi connectivity index (χ2n) is 6.94. The Morgan fingerprint density at radius 3 is 2.93 bits per heavy atom. The van der Waals surface area contributed by atoms with Gasteiger partial charge in [-0.05, 0) is 42.7 Å². The van der Waals surface area contributed by atoms with E-state index in [9.17, 15) is 13.6 Å². The Balaban J connectivity index is 1.38. The van der Waals surface area contributed by atoms with E-state index in [0.29, 0.717) is 22.9 Å².